The van der Waals surface area contributed by atoms with Crippen LogP contribution in [0.3, 0.4) is 0 Å². The zero-order valence-electron chi connectivity index (χ0n) is 25.1. The second kappa shape index (κ2) is 25.6. The zero-order chi connectivity index (χ0) is 25.1. The summed E-state index contributed by atoms with van der Waals surface area (Å²) in [5.74, 6) is 0. The van der Waals surface area contributed by atoms with Crippen LogP contribution < -0.4 is 0 Å². The molecule has 0 aromatic carbocycles. The number of rotatable bonds is 28. The number of hydrogen-bond acceptors (Lipinski definition) is 0. The Hall–Kier alpha value is -0.0400. The molecule has 0 unspecified atom stereocenters. The quantitative estimate of drug-likeness (QED) is 0.0752. The maximum absolute atomic E-state index is 2.32. The lowest BCUT2D eigenvalue weighted by molar-refractivity contribution is -0.917. The fourth-order valence-electron chi connectivity index (χ4n) is 6.50. The minimum absolute atomic E-state index is 1.37. The Morgan fingerprint density at radius 1 is 0.314 bits per heavy atom. The van der Waals surface area contributed by atoms with Gasteiger partial charge in [-0.1, -0.05) is 155 Å². The van der Waals surface area contributed by atoms with E-state index in [1.165, 1.54) is 210 Å². The molecule has 0 aliphatic carbocycles. The Morgan fingerprint density at radius 2 is 0.543 bits per heavy atom. The lowest BCUT2D eigenvalue weighted by Gasteiger charge is -2.34. The van der Waals surface area contributed by atoms with E-state index in [9.17, 15) is 0 Å². The first-order chi connectivity index (χ1) is 17.3. The fourth-order valence-corrected chi connectivity index (χ4v) is 6.50. The second-order valence-corrected chi connectivity index (χ2v) is 12.4. The Kier molecular flexibility index (Phi) is 24.1. The van der Waals surface area contributed by atoms with Gasteiger partial charge in [0, 0.05) is 12.8 Å². The van der Waals surface area contributed by atoms with E-state index < -0.39 is 0 Å². The minimum atomic E-state index is 1.37. The van der Waals surface area contributed by atoms with E-state index in [4.69, 9.17) is 0 Å². The highest BCUT2D eigenvalue weighted by molar-refractivity contribution is 4.58. The van der Waals surface area contributed by atoms with Crippen molar-refractivity contribution < 1.29 is 4.48 Å². The first-order valence-corrected chi connectivity index (χ1v) is 17.2. The first kappa shape index (κ1) is 33.0. The van der Waals surface area contributed by atoms with Crippen molar-refractivity contribution in [1.82, 2.24) is 0 Å². The first-order valence-electron chi connectivity index (χ1n) is 17.2. The topological polar surface area (TPSA) is 0 Å². The van der Waals surface area contributed by atoms with Gasteiger partial charge in [-0.3, -0.25) is 0 Å². The summed E-state index contributed by atoms with van der Waals surface area (Å²) in [6.07, 6.45) is 41.4. The average molecular weight is 493 g/mol. The number of likely N-dealkylation sites (tertiary alicyclic amines) is 1. The van der Waals surface area contributed by atoms with Gasteiger partial charge >= 0.3 is 0 Å². The molecule has 0 saturated carbocycles. The van der Waals surface area contributed by atoms with Gasteiger partial charge in [0.1, 0.15) is 0 Å². The lowest BCUT2D eigenvalue weighted by Crippen LogP contribution is -2.46. The number of quaternary nitrogens is 1. The number of nitrogens with zero attached hydrogens (tertiary/aromatic N) is 1. The smallest absolute Gasteiger partial charge is 0.0788 e. The zero-order valence-corrected chi connectivity index (χ0v) is 25.1. The Morgan fingerprint density at radius 3 is 0.800 bits per heavy atom. The molecule has 0 atom stereocenters. The molecule has 1 heterocycles. The molecule has 0 spiro atoms. The predicted molar refractivity (Wildman–Crippen MR) is 160 cm³/mol. The molecule has 0 radical (unpaired) electrons. The molecule has 0 N–H and O–H groups in total. The van der Waals surface area contributed by atoms with Crippen molar-refractivity contribution in [3.63, 3.8) is 0 Å². The van der Waals surface area contributed by atoms with Gasteiger partial charge in [0.2, 0.25) is 0 Å². The van der Waals surface area contributed by atoms with E-state index in [2.05, 4.69) is 13.8 Å². The molecular weight excluding hydrogens is 422 g/mol. The van der Waals surface area contributed by atoms with Crippen molar-refractivity contribution in [2.24, 2.45) is 0 Å². The summed E-state index contributed by atoms with van der Waals surface area (Å²) in [6, 6.07) is 0. The van der Waals surface area contributed by atoms with Crippen LogP contribution in [-0.4, -0.2) is 30.7 Å². The number of unbranched alkanes of at least 4 members (excludes halogenated alkanes) is 24. The molecule has 0 amide bonds. The third kappa shape index (κ3) is 20.7. The molecule has 210 valence electrons. The van der Waals surface area contributed by atoms with E-state index in [-0.39, 0.29) is 0 Å². The summed E-state index contributed by atoms with van der Waals surface area (Å²) in [5.41, 5.74) is 0. The molecule has 1 aliphatic heterocycles. The van der Waals surface area contributed by atoms with Crippen molar-refractivity contribution in [2.75, 3.05) is 26.2 Å². The maximum atomic E-state index is 2.32. The van der Waals surface area contributed by atoms with E-state index in [1.807, 2.05) is 0 Å². The van der Waals surface area contributed by atoms with Gasteiger partial charge in [-0.05, 0) is 25.7 Å². The molecule has 1 rings (SSSR count). The van der Waals surface area contributed by atoms with Crippen LogP contribution in [0.15, 0.2) is 0 Å². The van der Waals surface area contributed by atoms with Crippen molar-refractivity contribution in [3.05, 3.63) is 0 Å². The van der Waals surface area contributed by atoms with Crippen LogP contribution in [0.4, 0.5) is 0 Å². The lowest BCUT2D eigenvalue weighted by atomic mass is 10.0. The molecular formula is C34H70N+. The standard InChI is InChI=1S/C34H70N/c1-3-5-7-9-11-13-15-16-17-18-19-20-22-24-26-28-32-35(33-29-30-34-35)31-27-25-23-21-14-12-10-8-6-4-2/h3-34H2,1-2H3/q+1. The van der Waals surface area contributed by atoms with Gasteiger partial charge in [0.15, 0.2) is 0 Å². The highest BCUT2D eigenvalue weighted by atomic mass is 15.4. The molecule has 1 fully saturated rings. The summed E-state index contributed by atoms with van der Waals surface area (Å²) in [4.78, 5) is 0. The summed E-state index contributed by atoms with van der Waals surface area (Å²) < 4.78 is 1.50. The van der Waals surface area contributed by atoms with E-state index in [0.29, 0.717) is 0 Å². The van der Waals surface area contributed by atoms with E-state index in [1.54, 1.807) is 0 Å². The van der Waals surface area contributed by atoms with Crippen LogP contribution in [0.2, 0.25) is 0 Å². The second-order valence-electron chi connectivity index (χ2n) is 12.4. The van der Waals surface area contributed by atoms with Gasteiger partial charge in [0.25, 0.3) is 0 Å². The predicted octanol–water partition coefficient (Wildman–Crippen LogP) is 11.8. The summed E-state index contributed by atoms with van der Waals surface area (Å²) in [5, 5.41) is 0. The van der Waals surface area contributed by atoms with Crippen molar-refractivity contribution in [1.29, 1.82) is 0 Å². The van der Waals surface area contributed by atoms with Gasteiger partial charge in [0.05, 0.1) is 26.2 Å². The summed E-state index contributed by atoms with van der Waals surface area (Å²) in [7, 11) is 0. The molecule has 1 heteroatoms. The van der Waals surface area contributed by atoms with Crippen molar-refractivity contribution in [3.8, 4) is 0 Å². The van der Waals surface area contributed by atoms with Crippen LogP contribution in [0.5, 0.6) is 0 Å². The monoisotopic (exact) mass is 493 g/mol. The molecule has 0 aromatic heterocycles. The summed E-state index contributed by atoms with van der Waals surface area (Å²) >= 11 is 0. The fraction of sp³-hybridized carbons (Fsp3) is 1.00. The molecule has 1 saturated heterocycles. The van der Waals surface area contributed by atoms with Gasteiger partial charge < -0.3 is 4.48 Å². The van der Waals surface area contributed by atoms with Crippen molar-refractivity contribution in [2.45, 2.75) is 194 Å². The SMILES string of the molecule is CCCCCCCCCCCCCCCCCC[N+]1(CCCCCCCCCCCC)CCCC1. The third-order valence-electron chi connectivity index (χ3n) is 8.99. The average Bonchev–Trinajstić information content (AvgIpc) is 3.34. The highest BCUT2D eigenvalue weighted by Crippen LogP contribution is 2.23. The van der Waals surface area contributed by atoms with Crippen LogP contribution in [0.25, 0.3) is 0 Å². The van der Waals surface area contributed by atoms with Crippen LogP contribution in [0, 0.1) is 0 Å². The Labute approximate surface area is 224 Å². The Bertz CT molecular complexity index is 397. The maximum Gasteiger partial charge on any atom is 0.0788 e. The Balaban J connectivity index is 1.87. The molecule has 1 aliphatic rings. The van der Waals surface area contributed by atoms with E-state index in [0.717, 1.165) is 0 Å². The summed E-state index contributed by atoms with van der Waals surface area (Å²) in [6.45, 7) is 10.6. The largest absolute Gasteiger partial charge is 0.324 e. The number of hydrogen-bond donors (Lipinski definition) is 0. The van der Waals surface area contributed by atoms with Crippen LogP contribution >= 0.6 is 0 Å². The van der Waals surface area contributed by atoms with Crippen LogP contribution in [0.1, 0.15) is 194 Å². The highest BCUT2D eigenvalue weighted by Gasteiger charge is 2.30. The van der Waals surface area contributed by atoms with Crippen molar-refractivity contribution >= 4 is 0 Å². The molecule has 35 heavy (non-hydrogen) atoms. The third-order valence-corrected chi connectivity index (χ3v) is 8.99. The van der Waals surface area contributed by atoms with Gasteiger partial charge in [-0.25, -0.2) is 0 Å². The molecule has 1 nitrogen and oxygen atoms in total. The minimum Gasteiger partial charge on any atom is -0.324 e. The normalized spacial score (nSPS) is 15.3. The molecule has 0 bridgehead atoms. The van der Waals surface area contributed by atoms with E-state index >= 15 is 0 Å². The van der Waals surface area contributed by atoms with Gasteiger partial charge in [-0.15, -0.1) is 0 Å². The van der Waals surface area contributed by atoms with Gasteiger partial charge in [-0.2, -0.15) is 0 Å². The van der Waals surface area contributed by atoms with Crippen LogP contribution in [-0.2, 0) is 0 Å². The molecule has 0 aromatic rings.